The van der Waals surface area contributed by atoms with Crippen LogP contribution in [0.1, 0.15) is 27.0 Å². The summed E-state index contributed by atoms with van der Waals surface area (Å²) in [4.78, 5) is 62.7. The third kappa shape index (κ3) is 7.65. The molecule has 0 unspecified atom stereocenters. The van der Waals surface area contributed by atoms with Crippen LogP contribution in [0.3, 0.4) is 0 Å². The molecule has 0 saturated heterocycles. The van der Waals surface area contributed by atoms with E-state index in [9.17, 15) is 33.5 Å². The number of aliphatic hydroxyl groups excluding tert-OH is 1. The summed E-state index contributed by atoms with van der Waals surface area (Å²) in [7, 11) is 2.45. The van der Waals surface area contributed by atoms with Gasteiger partial charge in [-0.1, -0.05) is 18.2 Å². The highest BCUT2D eigenvalue weighted by Gasteiger charge is 2.21. The van der Waals surface area contributed by atoms with E-state index in [1.807, 2.05) is 0 Å². The maximum atomic E-state index is 13.5. The Bertz CT molecular complexity index is 1580. The second-order valence-corrected chi connectivity index (χ2v) is 8.26. The SMILES string of the molecule is COC(=O)[C@H](CO)NC(=O)c1ccc(Cn2cc(C#CC(=O)NCc3ccc(F)c(OC)c3)c(=O)[nH]c2=O)cc1. The predicted molar refractivity (Wildman–Crippen MR) is 139 cm³/mol. The number of hydrogen-bond acceptors (Lipinski definition) is 8. The van der Waals surface area contributed by atoms with Gasteiger partial charge in [-0.05, 0) is 41.3 Å². The van der Waals surface area contributed by atoms with Crippen LogP contribution >= 0.6 is 0 Å². The Morgan fingerprint density at radius 1 is 1.10 bits per heavy atom. The standard InChI is InChI=1S/C27H25FN4O8/c1-39-22-11-17(5-9-20(22)28)12-29-23(34)10-8-19-14-32(27(38)31-25(19)36)13-16-3-6-18(7-4-16)24(35)30-21(15-33)26(37)40-2/h3-7,9,11,14,21,33H,12-13,15H2,1-2H3,(H,29,34)(H,30,35)(H,31,36,38)/t21-/m0/s1. The topological polar surface area (TPSA) is 169 Å². The lowest BCUT2D eigenvalue weighted by Crippen LogP contribution is -2.44. The molecule has 2 amide bonds. The maximum Gasteiger partial charge on any atom is 0.330 e. The molecule has 3 aromatic rings. The normalized spacial score (nSPS) is 11.0. The van der Waals surface area contributed by atoms with Gasteiger partial charge in [0, 0.05) is 24.2 Å². The zero-order chi connectivity index (χ0) is 29.2. The zero-order valence-electron chi connectivity index (χ0n) is 21.4. The predicted octanol–water partition coefficient (Wildman–Crippen LogP) is -0.336. The molecular weight excluding hydrogens is 527 g/mol. The molecule has 4 N–H and O–H groups in total. The van der Waals surface area contributed by atoms with Crippen LogP contribution in [0.25, 0.3) is 0 Å². The first-order valence-corrected chi connectivity index (χ1v) is 11.7. The van der Waals surface area contributed by atoms with Gasteiger partial charge in [0.1, 0.15) is 5.56 Å². The van der Waals surface area contributed by atoms with E-state index in [0.717, 1.165) is 7.11 Å². The number of amides is 2. The van der Waals surface area contributed by atoms with Crippen molar-refractivity contribution in [3.05, 3.63) is 97.6 Å². The molecule has 40 heavy (non-hydrogen) atoms. The number of methoxy groups -OCH3 is 2. The second-order valence-electron chi connectivity index (χ2n) is 8.26. The summed E-state index contributed by atoms with van der Waals surface area (Å²) in [5.74, 6) is 2.08. The van der Waals surface area contributed by atoms with Gasteiger partial charge in [0.2, 0.25) is 0 Å². The van der Waals surface area contributed by atoms with E-state index in [4.69, 9.17) is 4.74 Å². The van der Waals surface area contributed by atoms with E-state index in [-0.39, 0.29) is 30.0 Å². The van der Waals surface area contributed by atoms with Crippen LogP contribution in [0.15, 0.2) is 58.3 Å². The lowest BCUT2D eigenvalue weighted by Gasteiger charge is -2.14. The fourth-order valence-electron chi connectivity index (χ4n) is 3.40. The Kier molecular flexibility index (Phi) is 9.93. The van der Waals surface area contributed by atoms with Crippen LogP contribution in [0, 0.1) is 17.7 Å². The quantitative estimate of drug-likeness (QED) is 0.207. The second kappa shape index (κ2) is 13.5. The zero-order valence-corrected chi connectivity index (χ0v) is 21.4. The Balaban J connectivity index is 1.68. The van der Waals surface area contributed by atoms with Gasteiger partial charge in [0.05, 0.1) is 27.4 Å². The van der Waals surface area contributed by atoms with Crippen LogP contribution in [0.2, 0.25) is 0 Å². The molecular formula is C27H25FN4O8. The summed E-state index contributed by atoms with van der Waals surface area (Å²) in [6.07, 6.45) is 1.20. The molecule has 0 aliphatic heterocycles. The first kappa shape index (κ1) is 29.3. The van der Waals surface area contributed by atoms with Crippen molar-refractivity contribution in [2.45, 2.75) is 19.1 Å². The number of ether oxygens (including phenoxy) is 2. The summed E-state index contributed by atoms with van der Waals surface area (Å²) in [6, 6.07) is 8.91. The van der Waals surface area contributed by atoms with Crippen LogP contribution in [-0.2, 0) is 27.4 Å². The first-order chi connectivity index (χ1) is 19.1. The van der Waals surface area contributed by atoms with Crippen molar-refractivity contribution in [2.24, 2.45) is 0 Å². The molecule has 0 aliphatic carbocycles. The first-order valence-electron chi connectivity index (χ1n) is 11.7. The molecule has 0 aliphatic rings. The molecule has 1 heterocycles. The number of hydrogen-bond donors (Lipinski definition) is 4. The lowest BCUT2D eigenvalue weighted by molar-refractivity contribution is -0.143. The van der Waals surface area contributed by atoms with Crippen LogP contribution in [-0.4, -0.2) is 59.3 Å². The van der Waals surface area contributed by atoms with Crippen molar-refractivity contribution in [3.63, 3.8) is 0 Å². The van der Waals surface area contributed by atoms with E-state index < -0.39 is 47.5 Å². The molecule has 2 aromatic carbocycles. The van der Waals surface area contributed by atoms with Gasteiger partial charge in [-0.25, -0.2) is 14.0 Å². The molecule has 1 aromatic heterocycles. The molecule has 0 saturated carbocycles. The van der Waals surface area contributed by atoms with Crippen molar-refractivity contribution in [2.75, 3.05) is 20.8 Å². The summed E-state index contributed by atoms with van der Waals surface area (Å²) in [5.41, 5.74) is -0.274. The molecule has 0 spiro atoms. The maximum absolute atomic E-state index is 13.5. The van der Waals surface area contributed by atoms with Gasteiger partial charge in [-0.2, -0.15) is 0 Å². The molecule has 0 fully saturated rings. The van der Waals surface area contributed by atoms with Crippen molar-refractivity contribution >= 4 is 17.8 Å². The number of rotatable bonds is 9. The van der Waals surface area contributed by atoms with Crippen molar-refractivity contribution in [3.8, 4) is 17.6 Å². The van der Waals surface area contributed by atoms with E-state index in [1.54, 1.807) is 12.1 Å². The number of halogens is 1. The summed E-state index contributed by atoms with van der Waals surface area (Å²) in [5, 5.41) is 14.1. The van der Waals surface area contributed by atoms with Gasteiger partial charge < -0.3 is 25.2 Å². The van der Waals surface area contributed by atoms with Crippen molar-refractivity contribution < 1.29 is 33.4 Å². The van der Waals surface area contributed by atoms with Gasteiger partial charge in [0.25, 0.3) is 17.4 Å². The highest BCUT2D eigenvalue weighted by molar-refractivity contribution is 5.96. The number of nitrogens with one attached hydrogen (secondary N) is 3. The Morgan fingerprint density at radius 3 is 2.45 bits per heavy atom. The Labute approximate surface area is 226 Å². The molecule has 1 atom stereocenters. The fraction of sp³-hybridized carbons (Fsp3) is 0.222. The summed E-state index contributed by atoms with van der Waals surface area (Å²) >= 11 is 0. The molecule has 208 valence electrons. The Morgan fingerprint density at radius 2 is 1.80 bits per heavy atom. The van der Waals surface area contributed by atoms with Crippen molar-refractivity contribution in [1.29, 1.82) is 0 Å². The number of carbonyl (C=O) groups is 3. The molecule has 3 rings (SSSR count). The highest BCUT2D eigenvalue weighted by Crippen LogP contribution is 2.18. The van der Waals surface area contributed by atoms with Gasteiger partial charge in [-0.3, -0.25) is 23.9 Å². The third-order valence-electron chi connectivity index (χ3n) is 5.53. The number of aromatic nitrogens is 2. The van der Waals surface area contributed by atoms with Gasteiger partial charge >= 0.3 is 11.7 Å². The monoisotopic (exact) mass is 552 g/mol. The number of carbonyl (C=O) groups excluding carboxylic acids is 3. The number of benzene rings is 2. The van der Waals surface area contributed by atoms with E-state index >= 15 is 0 Å². The molecule has 0 radical (unpaired) electrons. The minimum absolute atomic E-state index is 0.00616. The van der Waals surface area contributed by atoms with Gasteiger partial charge in [-0.15, -0.1) is 0 Å². The molecule has 0 bridgehead atoms. The van der Waals surface area contributed by atoms with E-state index in [2.05, 4.69) is 32.2 Å². The van der Waals surface area contributed by atoms with Gasteiger partial charge in [0.15, 0.2) is 17.6 Å². The summed E-state index contributed by atoms with van der Waals surface area (Å²) in [6.45, 7) is -0.592. The molecule has 13 heteroatoms. The number of esters is 1. The minimum atomic E-state index is -1.22. The molecule has 12 nitrogen and oxygen atoms in total. The van der Waals surface area contributed by atoms with E-state index in [0.29, 0.717) is 11.1 Å². The summed E-state index contributed by atoms with van der Waals surface area (Å²) < 4.78 is 24.1. The number of aromatic amines is 1. The Hall–Kier alpha value is -5.22. The number of aliphatic hydroxyl groups is 1. The van der Waals surface area contributed by atoms with Crippen LogP contribution in [0.4, 0.5) is 4.39 Å². The smallest absolute Gasteiger partial charge is 0.330 e. The van der Waals surface area contributed by atoms with Crippen LogP contribution < -0.4 is 26.6 Å². The minimum Gasteiger partial charge on any atom is -0.494 e. The fourth-order valence-corrected chi connectivity index (χ4v) is 3.40. The largest absolute Gasteiger partial charge is 0.494 e. The van der Waals surface area contributed by atoms with Crippen molar-refractivity contribution in [1.82, 2.24) is 20.2 Å². The van der Waals surface area contributed by atoms with Crippen LogP contribution in [0.5, 0.6) is 5.75 Å². The number of nitrogens with zero attached hydrogens (tertiary/aromatic N) is 1. The van der Waals surface area contributed by atoms with E-state index in [1.165, 1.54) is 48.2 Å². The average Bonchev–Trinajstić information content (AvgIpc) is 2.95. The highest BCUT2D eigenvalue weighted by atomic mass is 19.1. The third-order valence-corrected chi connectivity index (χ3v) is 5.53. The number of H-pyrrole nitrogens is 1. The average molecular weight is 553 g/mol. The lowest BCUT2D eigenvalue weighted by atomic mass is 10.1.